The van der Waals surface area contributed by atoms with Crippen LogP contribution < -0.4 is 5.32 Å². The van der Waals surface area contributed by atoms with Crippen LogP contribution >= 0.6 is 0 Å². The Kier molecular flexibility index (Phi) is 2.35. The summed E-state index contributed by atoms with van der Waals surface area (Å²) in [5, 5.41) is 13.4. The molecule has 2 aliphatic heterocycles. The lowest BCUT2D eigenvalue weighted by molar-refractivity contribution is -0.0344. The summed E-state index contributed by atoms with van der Waals surface area (Å²) in [4.78, 5) is 2.35. The number of nitrogens with zero attached hydrogens (tertiary/aromatic N) is 1. The first-order valence-electron chi connectivity index (χ1n) is 4.94. The van der Waals surface area contributed by atoms with Crippen molar-refractivity contribution in [2.75, 3.05) is 32.7 Å². The highest BCUT2D eigenvalue weighted by Gasteiger charge is 2.32. The van der Waals surface area contributed by atoms with Gasteiger partial charge < -0.3 is 15.3 Å². The van der Waals surface area contributed by atoms with Gasteiger partial charge in [-0.3, -0.25) is 0 Å². The molecule has 0 spiro atoms. The van der Waals surface area contributed by atoms with E-state index in [4.69, 9.17) is 0 Å². The molecule has 0 unspecified atom stereocenters. The van der Waals surface area contributed by atoms with Crippen LogP contribution in [0.15, 0.2) is 0 Å². The van der Waals surface area contributed by atoms with E-state index in [9.17, 15) is 5.11 Å². The quantitative estimate of drug-likeness (QED) is 0.603. The Bertz CT molecular complexity index is 151. The molecule has 2 aliphatic rings. The van der Waals surface area contributed by atoms with Crippen LogP contribution in [0.3, 0.4) is 0 Å². The third kappa shape index (κ3) is 1.79. The molecular weight excluding hydrogens is 152 g/mol. The zero-order valence-electron chi connectivity index (χ0n) is 7.55. The highest BCUT2D eigenvalue weighted by molar-refractivity contribution is 4.88. The lowest BCUT2D eigenvalue weighted by Crippen LogP contribution is -2.53. The number of aliphatic hydroxyl groups is 1. The van der Waals surface area contributed by atoms with E-state index < -0.39 is 0 Å². The van der Waals surface area contributed by atoms with Crippen LogP contribution in [-0.2, 0) is 0 Å². The maximum absolute atomic E-state index is 10.1. The van der Waals surface area contributed by atoms with E-state index in [1.54, 1.807) is 0 Å². The van der Waals surface area contributed by atoms with E-state index in [0.29, 0.717) is 0 Å². The third-order valence-electron chi connectivity index (χ3n) is 3.00. The molecule has 0 bridgehead atoms. The summed E-state index contributed by atoms with van der Waals surface area (Å²) in [5.74, 6) is 0. The number of likely N-dealkylation sites (tertiary alicyclic amines) is 1. The summed E-state index contributed by atoms with van der Waals surface area (Å²) in [5.41, 5.74) is -0.383. The maximum Gasteiger partial charge on any atom is 0.0798 e. The fraction of sp³-hybridized carbons (Fsp3) is 1.00. The average molecular weight is 170 g/mol. The second kappa shape index (κ2) is 3.32. The summed E-state index contributed by atoms with van der Waals surface area (Å²) in [6.07, 6.45) is 3.15. The summed E-state index contributed by atoms with van der Waals surface area (Å²) < 4.78 is 0. The molecule has 0 atom stereocenters. The van der Waals surface area contributed by atoms with Crippen LogP contribution in [0.1, 0.15) is 19.3 Å². The topological polar surface area (TPSA) is 35.5 Å². The Morgan fingerprint density at radius 2 is 1.92 bits per heavy atom. The molecule has 2 rings (SSSR count). The standard InChI is InChI=1S/C9H18N2O/c12-9(2-4-10-5-3-9)8-11-6-1-7-11/h10,12H,1-8H2. The fourth-order valence-electron chi connectivity index (χ4n) is 2.01. The zero-order chi connectivity index (χ0) is 8.44. The maximum atomic E-state index is 10.1. The molecule has 3 heteroatoms. The molecule has 70 valence electrons. The molecule has 2 heterocycles. The lowest BCUT2D eigenvalue weighted by atomic mass is 9.91. The highest BCUT2D eigenvalue weighted by atomic mass is 16.3. The normalized spacial score (nSPS) is 29.8. The minimum absolute atomic E-state index is 0.383. The third-order valence-corrected chi connectivity index (χ3v) is 3.00. The Hall–Kier alpha value is -0.120. The van der Waals surface area contributed by atoms with Crippen LogP contribution in [0, 0.1) is 0 Å². The van der Waals surface area contributed by atoms with Crippen molar-refractivity contribution in [1.82, 2.24) is 10.2 Å². The van der Waals surface area contributed by atoms with Gasteiger partial charge in [0, 0.05) is 6.54 Å². The van der Waals surface area contributed by atoms with Gasteiger partial charge in [0.05, 0.1) is 5.60 Å². The molecule has 2 fully saturated rings. The van der Waals surface area contributed by atoms with Gasteiger partial charge in [0.15, 0.2) is 0 Å². The molecule has 0 aromatic heterocycles. The van der Waals surface area contributed by atoms with E-state index in [1.807, 2.05) is 0 Å². The van der Waals surface area contributed by atoms with Gasteiger partial charge in [-0.05, 0) is 45.4 Å². The number of hydrogen-bond acceptors (Lipinski definition) is 3. The minimum atomic E-state index is -0.383. The molecule has 0 aromatic rings. The summed E-state index contributed by atoms with van der Waals surface area (Å²) in [6.45, 7) is 5.23. The molecule has 0 amide bonds. The Balaban J connectivity index is 1.81. The van der Waals surface area contributed by atoms with Gasteiger partial charge in [0.25, 0.3) is 0 Å². The van der Waals surface area contributed by atoms with Gasteiger partial charge in [0.1, 0.15) is 0 Å². The SMILES string of the molecule is OC1(CN2CCC2)CCNCC1. The first-order chi connectivity index (χ1) is 5.79. The Morgan fingerprint density at radius 1 is 1.25 bits per heavy atom. The van der Waals surface area contributed by atoms with Gasteiger partial charge >= 0.3 is 0 Å². The second-order valence-corrected chi connectivity index (χ2v) is 4.10. The predicted molar refractivity (Wildman–Crippen MR) is 48.1 cm³/mol. The van der Waals surface area contributed by atoms with E-state index in [0.717, 1.165) is 32.5 Å². The molecule has 0 aromatic carbocycles. The average Bonchev–Trinajstić information content (AvgIpc) is 1.99. The van der Waals surface area contributed by atoms with Crippen molar-refractivity contribution in [2.24, 2.45) is 0 Å². The largest absolute Gasteiger partial charge is 0.388 e. The summed E-state index contributed by atoms with van der Waals surface area (Å²) in [6, 6.07) is 0. The molecular formula is C9H18N2O. The van der Waals surface area contributed by atoms with Crippen LogP contribution in [0.4, 0.5) is 0 Å². The molecule has 3 nitrogen and oxygen atoms in total. The van der Waals surface area contributed by atoms with Crippen molar-refractivity contribution in [1.29, 1.82) is 0 Å². The van der Waals surface area contributed by atoms with Crippen molar-refractivity contribution >= 4 is 0 Å². The molecule has 0 aliphatic carbocycles. The van der Waals surface area contributed by atoms with Crippen LogP contribution in [-0.4, -0.2) is 48.3 Å². The minimum Gasteiger partial charge on any atom is -0.388 e. The second-order valence-electron chi connectivity index (χ2n) is 4.10. The van der Waals surface area contributed by atoms with E-state index in [1.165, 1.54) is 19.5 Å². The van der Waals surface area contributed by atoms with E-state index in [-0.39, 0.29) is 5.60 Å². The van der Waals surface area contributed by atoms with Crippen LogP contribution in [0.2, 0.25) is 0 Å². The van der Waals surface area contributed by atoms with Crippen LogP contribution in [0.25, 0.3) is 0 Å². The van der Waals surface area contributed by atoms with Crippen molar-refractivity contribution in [2.45, 2.75) is 24.9 Å². The molecule has 0 saturated carbocycles. The van der Waals surface area contributed by atoms with E-state index in [2.05, 4.69) is 10.2 Å². The van der Waals surface area contributed by atoms with Gasteiger partial charge in [-0.15, -0.1) is 0 Å². The van der Waals surface area contributed by atoms with E-state index >= 15 is 0 Å². The lowest BCUT2D eigenvalue weighted by Gasteiger charge is -2.40. The van der Waals surface area contributed by atoms with Crippen molar-refractivity contribution in [3.8, 4) is 0 Å². The van der Waals surface area contributed by atoms with Crippen LogP contribution in [0.5, 0.6) is 0 Å². The van der Waals surface area contributed by atoms with Gasteiger partial charge in [-0.25, -0.2) is 0 Å². The van der Waals surface area contributed by atoms with Gasteiger partial charge in [0.2, 0.25) is 0 Å². The number of nitrogens with one attached hydrogen (secondary N) is 1. The predicted octanol–water partition coefficient (Wildman–Crippen LogP) is -0.193. The van der Waals surface area contributed by atoms with Crippen molar-refractivity contribution < 1.29 is 5.11 Å². The monoisotopic (exact) mass is 170 g/mol. The molecule has 2 N–H and O–H groups in total. The van der Waals surface area contributed by atoms with Crippen molar-refractivity contribution in [3.63, 3.8) is 0 Å². The smallest absolute Gasteiger partial charge is 0.0798 e. The Morgan fingerprint density at radius 3 is 2.42 bits per heavy atom. The fourth-order valence-corrected chi connectivity index (χ4v) is 2.01. The Labute approximate surface area is 73.8 Å². The number of rotatable bonds is 2. The zero-order valence-corrected chi connectivity index (χ0v) is 7.55. The summed E-state index contributed by atoms with van der Waals surface area (Å²) in [7, 11) is 0. The molecule has 12 heavy (non-hydrogen) atoms. The number of hydrogen-bond donors (Lipinski definition) is 2. The highest BCUT2D eigenvalue weighted by Crippen LogP contribution is 2.21. The summed E-state index contributed by atoms with van der Waals surface area (Å²) >= 11 is 0. The van der Waals surface area contributed by atoms with Gasteiger partial charge in [-0.2, -0.15) is 0 Å². The van der Waals surface area contributed by atoms with Gasteiger partial charge in [-0.1, -0.05) is 0 Å². The molecule has 0 radical (unpaired) electrons. The van der Waals surface area contributed by atoms with Crippen molar-refractivity contribution in [3.05, 3.63) is 0 Å². The first kappa shape index (κ1) is 8.48. The number of piperidine rings is 1. The first-order valence-corrected chi connectivity index (χ1v) is 4.94. The number of β-amino-alcohol motifs (C(OH)–C–C–N with tert-alkyl or cyclic N) is 1. The molecule has 2 saturated heterocycles.